The quantitative estimate of drug-likeness (QED) is 0.774. The second kappa shape index (κ2) is 7.76. The second-order valence-electron chi connectivity index (χ2n) is 6.59. The van der Waals surface area contributed by atoms with E-state index in [2.05, 4.69) is 10.1 Å². The summed E-state index contributed by atoms with van der Waals surface area (Å²) in [6.07, 6.45) is -5.49. The van der Waals surface area contributed by atoms with E-state index in [1.165, 1.54) is 36.4 Å². The van der Waals surface area contributed by atoms with Gasteiger partial charge in [0.05, 0.1) is 18.6 Å². The van der Waals surface area contributed by atoms with Crippen molar-refractivity contribution in [2.45, 2.75) is 19.6 Å². The van der Waals surface area contributed by atoms with Crippen LogP contribution in [-0.2, 0) is 14.3 Å². The number of amides is 1. The Bertz CT molecular complexity index is 813. The van der Waals surface area contributed by atoms with E-state index in [0.29, 0.717) is 11.3 Å². The highest BCUT2D eigenvalue weighted by atomic mass is 19.4. The monoisotopic (exact) mass is 399 g/mol. The molecule has 150 valence electrons. The molecule has 0 radical (unpaired) electrons. The van der Waals surface area contributed by atoms with Crippen molar-refractivity contribution in [3.05, 3.63) is 59.9 Å². The molecule has 0 spiro atoms. The fourth-order valence-electron chi connectivity index (χ4n) is 2.57. The van der Waals surface area contributed by atoms with Crippen LogP contribution in [0.1, 0.15) is 18.8 Å². The molecule has 0 atom stereocenters. The van der Waals surface area contributed by atoms with Gasteiger partial charge in [0.15, 0.2) is 6.29 Å². The first kappa shape index (κ1) is 20.1. The molecular formula is C19H17F4NO4. The van der Waals surface area contributed by atoms with Crippen molar-refractivity contribution in [2.24, 2.45) is 5.41 Å². The van der Waals surface area contributed by atoms with E-state index in [4.69, 9.17) is 9.47 Å². The van der Waals surface area contributed by atoms with Gasteiger partial charge in [-0.1, -0.05) is 12.1 Å². The molecule has 1 heterocycles. The van der Waals surface area contributed by atoms with E-state index < -0.39 is 24.0 Å². The number of anilines is 1. The number of ether oxygens (including phenoxy) is 3. The zero-order valence-corrected chi connectivity index (χ0v) is 14.8. The number of alkyl halides is 3. The number of nitrogens with one attached hydrogen (secondary N) is 1. The van der Waals surface area contributed by atoms with Gasteiger partial charge in [-0.05, 0) is 43.3 Å². The third-order valence-electron chi connectivity index (χ3n) is 4.14. The van der Waals surface area contributed by atoms with Crippen molar-refractivity contribution in [3.8, 4) is 5.75 Å². The van der Waals surface area contributed by atoms with Gasteiger partial charge in [-0.3, -0.25) is 4.79 Å². The average Bonchev–Trinajstić information content (AvgIpc) is 2.63. The summed E-state index contributed by atoms with van der Waals surface area (Å²) in [4.78, 5) is 12.6. The Hall–Kier alpha value is -2.65. The zero-order valence-electron chi connectivity index (χ0n) is 14.8. The van der Waals surface area contributed by atoms with Crippen molar-refractivity contribution >= 4 is 11.6 Å². The van der Waals surface area contributed by atoms with Crippen LogP contribution in [0, 0.1) is 11.2 Å². The molecule has 1 saturated heterocycles. The van der Waals surface area contributed by atoms with Crippen LogP contribution < -0.4 is 10.1 Å². The molecule has 1 N–H and O–H groups in total. The van der Waals surface area contributed by atoms with Gasteiger partial charge < -0.3 is 19.5 Å². The van der Waals surface area contributed by atoms with Crippen molar-refractivity contribution in [1.82, 2.24) is 0 Å². The van der Waals surface area contributed by atoms with Crippen LogP contribution in [0.5, 0.6) is 5.75 Å². The lowest BCUT2D eigenvalue weighted by Gasteiger charge is -2.36. The van der Waals surface area contributed by atoms with Crippen LogP contribution in [0.3, 0.4) is 0 Å². The Morgan fingerprint density at radius 3 is 2.18 bits per heavy atom. The minimum atomic E-state index is -4.78. The zero-order chi connectivity index (χ0) is 20.4. The molecule has 28 heavy (non-hydrogen) atoms. The van der Waals surface area contributed by atoms with Crippen LogP contribution in [0.4, 0.5) is 23.2 Å². The Labute approximate surface area is 158 Å². The molecular weight excluding hydrogens is 382 g/mol. The summed E-state index contributed by atoms with van der Waals surface area (Å²) in [7, 11) is 0. The summed E-state index contributed by atoms with van der Waals surface area (Å²) in [6, 6.07) is 10.4. The summed E-state index contributed by atoms with van der Waals surface area (Å²) >= 11 is 0. The maximum Gasteiger partial charge on any atom is 0.573 e. The van der Waals surface area contributed by atoms with E-state index in [1.807, 2.05) is 0 Å². The van der Waals surface area contributed by atoms with Crippen LogP contribution in [0.2, 0.25) is 0 Å². The Morgan fingerprint density at radius 2 is 1.64 bits per heavy atom. The van der Waals surface area contributed by atoms with Gasteiger partial charge >= 0.3 is 6.36 Å². The number of carbonyl (C=O) groups is 1. The normalized spacial score (nSPS) is 22.5. The molecule has 1 aliphatic rings. The maximum absolute atomic E-state index is 13.0. The van der Waals surface area contributed by atoms with Crippen molar-refractivity contribution in [3.63, 3.8) is 0 Å². The summed E-state index contributed by atoms with van der Waals surface area (Å²) in [5.74, 6) is -1.17. The van der Waals surface area contributed by atoms with Gasteiger partial charge in [0.25, 0.3) is 0 Å². The van der Waals surface area contributed by atoms with E-state index in [0.717, 1.165) is 12.1 Å². The number of benzene rings is 2. The number of hydrogen-bond donors (Lipinski definition) is 1. The predicted octanol–water partition coefficient (Wildman–Crippen LogP) is 4.41. The van der Waals surface area contributed by atoms with Crippen molar-refractivity contribution < 1.29 is 36.6 Å². The number of halogens is 4. The second-order valence-corrected chi connectivity index (χ2v) is 6.59. The Balaban J connectivity index is 1.58. The highest BCUT2D eigenvalue weighted by molar-refractivity contribution is 5.95. The molecule has 0 bridgehead atoms. The average molecular weight is 399 g/mol. The topological polar surface area (TPSA) is 56.8 Å². The van der Waals surface area contributed by atoms with Crippen LogP contribution in [-0.4, -0.2) is 25.5 Å². The van der Waals surface area contributed by atoms with E-state index in [-0.39, 0.29) is 24.8 Å². The van der Waals surface area contributed by atoms with E-state index >= 15 is 0 Å². The van der Waals surface area contributed by atoms with Crippen molar-refractivity contribution in [2.75, 3.05) is 18.5 Å². The molecule has 3 rings (SSSR count). The highest BCUT2D eigenvalue weighted by Gasteiger charge is 2.40. The largest absolute Gasteiger partial charge is 0.573 e. The molecule has 0 saturated carbocycles. The Morgan fingerprint density at radius 1 is 1.07 bits per heavy atom. The Kier molecular flexibility index (Phi) is 5.57. The van der Waals surface area contributed by atoms with Crippen molar-refractivity contribution in [1.29, 1.82) is 0 Å². The van der Waals surface area contributed by atoms with Crippen LogP contribution >= 0.6 is 0 Å². The fraction of sp³-hybridized carbons (Fsp3) is 0.316. The minimum Gasteiger partial charge on any atom is -0.406 e. The van der Waals surface area contributed by atoms with Gasteiger partial charge in [-0.2, -0.15) is 0 Å². The number of carbonyl (C=O) groups excluding carboxylic acids is 1. The number of rotatable bonds is 4. The van der Waals surface area contributed by atoms with Gasteiger partial charge in [0.2, 0.25) is 5.91 Å². The third-order valence-corrected chi connectivity index (χ3v) is 4.14. The molecule has 1 fully saturated rings. The third kappa shape index (κ3) is 4.99. The summed E-state index contributed by atoms with van der Waals surface area (Å²) in [5, 5.41) is 2.62. The lowest BCUT2D eigenvalue weighted by molar-refractivity contribution is -0.274. The standard InChI is InChI=1S/C19H17F4NO4/c1-18(10-26-16(27-11-18)12-2-4-13(20)5-3-12)17(25)24-14-6-8-15(9-7-14)28-19(21,22)23/h2-9,16H,10-11H2,1H3,(H,24,25). The van der Waals surface area contributed by atoms with Crippen LogP contribution in [0.15, 0.2) is 48.5 Å². The molecule has 0 aliphatic carbocycles. The van der Waals surface area contributed by atoms with Gasteiger partial charge in [0, 0.05) is 11.3 Å². The fourth-order valence-corrected chi connectivity index (χ4v) is 2.57. The summed E-state index contributed by atoms with van der Waals surface area (Å²) in [5.41, 5.74) is -0.0666. The van der Waals surface area contributed by atoms with E-state index in [9.17, 15) is 22.4 Å². The first-order valence-electron chi connectivity index (χ1n) is 8.31. The molecule has 1 amide bonds. The SMILES string of the molecule is CC1(C(=O)Nc2ccc(OC(F)(F)F)cc2)COC(c2ccc(F)cc2)OC1. The maximum atomic E-state index is 13.0. The van der Waals surface area contributed by atoms with Gasteiger partial charge in [-0.25, -0.2) is 4.39 Å². The minimum absolute atomic E-state index is 0.0517. The lowest BCUT2D eigenvalue weighted by atomic mass is 9.90. The first-order chi connectivity index (χ1) is 13.1. The first-order valence-corrected chi connectivity index (χ1v) is 8.31. The predicted molar refractivity (Wildman–Crippen MR) is 90.9 cm³/mol. The van der Waals surface area contributed by atoms with Gasteiger partial charge in [0.1, 0.15) is 11.6 Å². The van der Waals surface area contributed by atoms with Gasteiger partial charge in [-0.15, -0.1) is 13.2 Å². The molecule has 9 heteroatoms. The molecule has 0 unspecified atom stereocenters. The van der Waals surface area contributed by atoms with Crippen LogP contribution in [0.25, 0.3) is 0 Å². The summed E-state index contributed by atoms with van der Waals surface area (Å²) < 4.78 is 64.5. The molecule has 2 aromatic rings. The highest BCUT2D eigenvalue weighted by Crippen LogP contribution is 2.33. The summed E-state index contributed by atoms with van der Waals surface area (Å²) in [6.45, 7) is 1.75. The molecule has 2 aromatic carbocycles. The molecule has 0 aromatic heterocycles. The molecule has 1 aliphatic heterocycles. The lowest BCUT2D eigenvalue weighted by Crippen LogP contribution is -2.45. The smallest absolute Gasteiger partial charge is 0.406 e. The molecule has 5 nitrogen and oxygen atoms in total. The number of hydrogen-bond acceptors (Lipinski definition) is 4. The van der Waals surface area contributed by atoms with E-state index in [1.54, 1.807) is 6.92 Å².